The second-order valence-electron chi connectivity index (χ2n) is 9.27. The first-order valence-corrected chi connectivity index (χ1v) is 12.6. The van der Waals surface area contributed by atoms with E-state index in [2.05, 4.69) is 73.4 Å². The van der Waals surface area contributed by atoms with E-state index in [0.717, 1.165) is 11.3 Å². The maximum Gasteiger partial charge on any atom is 0.0877 e. The van der Waals surface area contributed by atoms with E-state index in [1.807, 2.05) is 12.3 Å². The summed E-state index contributed by atoms with van der Waals surface area (Å²) in [6, 6.07) is 23.2. The van der Waals surface area contributed by atoms with Gasteiger partial charge in [-0.15, -0.1) is 29.3 Å². The minimum atomic E-state index is -0.537. The van der Waals surface area contributed by atoms with Crippen LogP contribution in [0.2, 0.25) is 0 Å². The van der Waals surface area contributed by atoms with Gasteiger partial charge >= 0.3 is 0 Å². The molecule has 2 aromatic carbocycles. The number of rotatable bonds is 8. The molecule has 0 saturated carbocycles. The summed E-state index contributed by atoms with van der Waals surface area (Å²) >= 11 is 0. The molecule has 0 fully saturated rings. The van der Waals surface area contributed by atoms with Crippen molar-refractivity contribution in [3.05, 3.63) is 89.8 Å². The molecule has 0 spiro atoms. The first kappa shape index (κ1) is 29.0. The minimum absolute atomic E-state index is 0. The van der Waals surface area contributed by atoms with Crippen LogP contribution >= 0.6 is 0 Å². The number of hydrogen-bond acceptors (Lipinski definition) is 3. The molecule has 0 aliphatic heterocycles. The van der Waals surface area contributed by atoms with E-state index in [9.17, 15) is 0 Å². The van der Waals surface area contributed by atoms with E-state index in [0.29, 0.717) is 0 Å². The summed E-state index contributed by atoms with van der Waals surface area (Å²) in [7, 11) is 0. The van der Waals surface area contributed by atoms with Crippen molar-refractivity contribution >= 4 is 0 Å². The Bertz CT molecular complexity index is 1080. The Kier molecular flexibility index (Phi) is 11.4. The third-order valence-corrected chi connectivity index (χ3v) is 6.54. The van der Waals surface area contributed by atoms with Gasteiger partial charge in [0.05, 0.1) is 11.9 Å². The molecule has 189 valence electrons. The molecule has 3 aromatic rings. The van der Waals surface area contributed by atoms with Gasteiger partial charge in [0, 0.05) is 31.7 Å². The third kappa shape index (κ3) is 6.91. The van der Waals surface area contributed by atoms with Crippen LogP contribution in [0.25, 0.3) is 22.4 Å². The Morgan fingerprint density at radius 1 is 1.00 bits per heavy atom. The molecule has 1 aliphatic rings. The summed E-state index contributed by atoms with van der Waals surface area (Å²) in [6.45, 7) is 7.70. The fourth-order valence-corrected chi connectivity index (χ4v) is 5.03. The first-order valence-electron chi connectivity index (χ1n) is 12.6. The van der Waals surface area contributed by atoms with Gasteiger partial charge in [0.1, 0.15) is 0 Å². The second-order valence-corrected chi connectivity index (χ2v) is 9.27. The summed E-state index contributed by atoms with van der Waals surface area (Å²) < 4.78 is 0. The number of fused-ring (bicyclic) bond motifs is 3. The van der Waals surface area contributed by atoms with Gasteiger partial charge in [-0.2, -0.15) is 0 Å². The van der Waals surface area contributed by atoms with Crippen LogP contribution in [0.1, 0.15) is 77.3 Å². The van der Waals surface area contributed by atoms with E-state index in [4.69, 9.17) is 10.2 Å². The summed E-state index contributed by atoms with van der Waals surface area (Å²) in [6.07, 6.45) is 10.1. The molecule has 0 saturated heterocycles. The molecule has 0 bridgehead atoms. The van der Waals surface area contributed by atoms with E-state index in [-0.39, 0.29) is 31.3 Å². The molecule has 1 radical (unpaired) electrons. The fourth-order valence-electron chi connectivity index (χ4n) is 5.03. The van der Waals surface area contributed by atoms with Crippen molar-refractivity contribution in [1.29, 1.82) is 0 Å². The monoisotopic (exact) mass is 649 g/mol. The van der Waals surface area contributed by atoms with Crippen LogP contribution in [0.4, 0.5) is 0 Å². The van der Waals surface area contributed by atoms with Gasteiger partial charge in [0.25, 0.3) is 0 Å². The number of benzene rings is 2. The Labute approximate surface area is 224 Å². The quantitative estimate of drug-likeness (QED) is 0.192. The van der Waals surface area contributed by atoms with Gasteiger partial charge in [-0.25, -0.2) is 0 Å². The fraction of sp³-hybridized carbons (Fsp3) is 0.387. The number of nitrogens with zero attached hydrogens (tertiary/aromatic N) is 1. The van der Waals surface area contributed by atoms with Crippen LogP contribution in [0.3, 0.4) is 0 Å². The molecule has 1 unspecified atom stereocenters. The zero-order valence-corrected chi connectivity index (χ0v) is 23.7. The molecule has 1 aliphatic carbocycles. The van der Waals surface area contributed by atoms with Crippen molar-refractivity contribution in [2.24, 2.45) is 0 Å². The summed E-state index contributed by atoms with van der Waals surface area (Å²) in [5.74, 6) is 0.162. The van der Waals surface area contributed by atoms with Gasteiger partial charge in [-0.3, -0.25) is 0 Å². The van der Waals surface area contributed by atoms with Gasteiger partial charge in [-0.05, 0) is 50.1 Å². The zero-order chi connectivity index (χ0) is 24.6. The molecule has 0 amide bonds. The van der Waals surface area contributed by atoms with Crippen LogP contribution in [0.5, 0.6) is 0 Å². The molecule has 4 heteroatoms. The number of unbranched alkanes of at least 4 members (excludes halogenated alkanes) is 2. The number of aliphatic hydroxyl groups excluding tert-OH is 2. The van der Waals surface area contributed by atoms with E-state index in [1.54, 1.807) is 6.92 Å². The molecule has 35 heavy (non-hydrogen) atoms. The normalized spacial score (nSPS) is 14.1. The van der Waals surface area contributed by atoms with E-state index >= 15 is 0 Å². The molecular formula is C31H38IrNO2-. The molecule has 4 rings (SSSR count). The number of hydrogen-bond donors (Lipinski definition) is 2. The molecule has 2 N–H and O–H groups in total. The largest absolute Gasteiger partial charge is 0.513 e. The van der Waals surface area contributed by atoms with Crippen LogP contribution in [0, 0.1) is 6.07 Å². The van der Waals surface area contributed by atoms with Crippen molar-refractivity contribution in [1.82, 2.24) is 4.98 Å². The van der Waals surface area contributed by atoms with Crippen molar-refractivity contribution in [2.75, 3.05) is 0 Å². The van der Waals surface area contributed by atoms with Gasteiger partial charge in [-0.1, -0.05) is 87.1 Å². The van der Waals surface area contributed by atoms with Crippen molar-refractivity contribution in [2.45, 2.75) is 77.7 Å². The van der Waals surface area contributed by atoms with Crippen LogP contribution in [-0.2, 0) is 25.5 Å². The number of pyridine rings is 1. The molecule has 1 atom stereocenters. The molecule has 3 nitrogen and oxygen atoms in total. The zero-order valence-electron chi connectivity index (χ0n) is 21.3. The second kappa shape index (κ2) is 13.7. The Hall–Kier alpha value is -2.26. The topological polar surface area (TPSA) is 53.4 Å². The van der Waals surface area contributed by atoms with E-state index < -0.39 is 6.10 Å². The first-order chi connectivity index (χ1) is 16.4. The maximum absolute atomic E-state index is 8.49. The summed E-state index contributed by atoms with van der Waals surface area (Å²) in [5.41, 5.74) is 8.05. The molecule has 1 aromatic heterocycles. The number of allylic oxidation sites excluding steroid dienone is 1. The maximum atomic E-state index is 8.49. The minimum Gasteiger partial charge on any atom is -0.513 e. The van der Waals surface area contributed by atoms with Crippen molar-refractivity contribution in [3.63, 3.8) is 0 Å². The van der Waals surface area contributed by atoms with Gasteiger partial charge in [0.2, 0.25) is 0 Å². The van der Waals surface area contributed by atoms with Crippen LogP contribution in [0.15, 0.2) is 72.6 Å². The Morgan fingerprint density at radius 2 is 1.66 bits per heavy atom. The average Bonchev–Trinajstić information content (AvgIpc) is 3.11. The van der Waals surface area contributed by atoms with Crippen molar-refractivity contribution in [3.8, 4) is 22.4 Å². The Morgan fingerprint density at radius 3 is 2.20 bits per heavy atom. The smallest absolute Gasteiger partial charge is 0.0877 e. The standard InChI is InChI=1S/C26H28N.C5H10O2.Ir/c1-3-5-16-26(17-6-4-2)23-12-8-7-11-21(23)22-15-14-20(19-24(22)26)25-13-9-10-18-27-25;1-4(6)3-5(2)7;/h7-13,15,18-19H,3-6,16-17H2,1-2H3;3-4,6-7H,1-2H3;/q-1;;. The number of aromatic nitrogens is 1. The predicted molar refractivity (Wildman–Crippen MR) is 142 cm³/mol. The third-order valence-electron chi connectivity index (χ3n) is 6.54. The van der Waals surface area contributed by atoms with Gasteiger partial charge in [0.15, 0.2) is 0 Å². The van der Waals surface area contributed by atoms with Crippen LogP contribution < -0.4 is 0 Å². The number of aliphatic hydroxyl groups is 2. The summed E-state index contributed by atoms with van der Waals surface area (Å²) in [4.78, 5) is 4.56. The molecule has 1 heterocycles. The van der Waals surface area contributed by atoms with Crippen LogP contribution in [-0.4, -0.2) is 21.3 Å². The molecular weight excluding hydrogens is 611 g/mol. The SMILES string of the molecule is CC(O)=CC(C)O.CCCCC1(CCCC)c2ccccc2-c2c[c-]c(-c3ccccn3)cc21.[Ir]. The van der Waals surface area contributed by atoms with E-state index in [1.165, 1.54) is 73.8 Å². The van der Waals surface area contributed by atoms with Gasteiger partial charge < -0.3 is 15.2 Å². The average molecular weight is 649 g/mol. The predicted octanol–water partition coefficient (Wildman–Crippen LogP) is 8.02. The summed E-state index contributed by atoms with van der Waals surface area (Å²) in [5, 5.41) is 16.9. The Balaban J connectivity index is 0.000000476. The van der Waals surface area contributed by atoms with Crippen molar-refractivity contribution < 1.29 is 30.3 Å².